The molecule has 2 rings (SSSR count). The molecule has 0 fully saturated rings. The van der Waals surface area contributed by atoms with Gasteiger partial charge in [0.15, 0.2) is 5.76 Å². The van der Waals surface area contributed by atoms with Gasteiger partial charge in [-0.2, -0.15) is 0 Å². The minimum Gasteiger partial charge on any atom is -0.359 e. The fraction of sp³-hybridized carbons (Fsp3) is 0.167. The van der Waals surface area contributed by atoms with Gasteiger partial charge in [-0.1, -0.05) is 21.1 Å². The standard InChI is InChI=1S/C12H10Br2N2O2/c1-7-4-9(18-16-7)6-15-12(17)10-5-8(13)2-3-11(10)14/h2-5H,6H2,1H3,(H,15,17). The summed E-state index contributed by atoms with van der Waals surface area (Å²) in [6, 6.07) is 7.22. The van der Waals surface area contributed by atoms with Crippen LogP contribution in [0.2, 0.25) is 0 Å². The number of carbonyl (C=O) groups excluding carboxylic acids is 1. The molecule has 1 N–H and O–H groups in total. The SMILES string of the molecule is Cc1cc(CNC(=O)c2cc(Br)ccc2Br)on1. The zero-order valence-corrected chi connectivity index (χ0v) is 12.7. The highest BCUT2D eigenvalue weighted by Crippen LogP contribution is 2.21. The van der Waals surface area contributed by atoms with Gasteiger partial charge in [-0.15, -0.1) is 0 Å². The first-order chi connectivity index (χ1) is 8.56. The van der Waals surface area contributed by atoms with E-state index >= 15 is 0 Å². The van der Waals surface area contributed by atoms with Crippen molar-refractivity contribution >= 4 is 37.8 Å². The predicted octanol–water partition coefficient (Wildman–Crippen LogP) is 3.44. The van der Waals surface area contributed by atoms with Gasteiger partial charge >= 0.3 is 0 Å². The molecule has 0 aliphatic heterocycles. The van der Waals surface area contributed by atoms with Crippen molar-refractivity contribution in [2.45, 2.75) is 13.5 Å². The molecule has 1 heterocycles. The number of halogens is 2. The minimum absolute atomic E-state index is 0.169. The first kappa shape index (κ1) is 13.3. The monoisotopic (exact) mass is 372 g/mol. The van der Waals surface area contributed by atoms with Crippen LogP contribution in [0.15, 0.2) is 37.7 Å². The Balaban J connectivity index is 2.05. The normalized spacial score (nSPS) is 10.4. The molecule has 0 saturated heterocycles. The minimum atomic E-state index is -0.169. The van der Waals surface area contributed by atoms with Crippen molar-refractivity contribution in [2.75, 3.05) is 0 Å². The van der Waals surface area contributed by atoms with E-state index in [0.29, 0.717) is 17.9 Å². The van der Waals surface area contributed by atoms with Gasteiger partial charge in [0, 0.05) is 15.0 Å². The van der Waals surface area contributed by atoms with E-state index < -0.39 is 0 Å². The third-order valence-electron chi connectivity index (χ3n) is 2.27. The summed E-state index contributed by atoms with van der Waals surface area (Å²) in [5.74, 6) is 0.462. The molecule has 0 saturated carbocycles. The molecule has 1 amide bonds. The van der Waals surface area contributed by atoms with Crippen molar-refractivity contribution < 1.29 is 9.32 Å². The molecule has 0 spiro atoms. The van der Waals surface area contributed by atoms with Crippen molar-refractivity contribution in [3.63, 3.8) is 0 Å². The molecule has 1 aromatic carbocycles. The van der Waals surface area contributed by atoms with Crippen LogP contribution in [0, 0.1) is 6.92 Å². The van der Waals surface area contributed by atoms with E-state index in [1.807, 2.05) is 19.1 Å². The number of nitrogens with one attached hydrogen (secondary N) is 1. The van der Waals surface area contributed by atoms with Crippen molar-refractivity contribution in [2.24, 2.45) is 0 Å². The number of hydrogen-bond donors (Lipinski definition) is 1. The van der Waals surface area contributed by atoms with Crippen LogP contribution in [0.5, 0.6) is 0 Å². The second-order valence-electron chi connectivity index (χ2n) is 3.74. The van der Waals surface area contributed by atoms with Crippen molar-refractivity contribution in [1.82, 2.24) is 10.5 Å². The molecule has 2 aromatic rings. The molecular formula is C12H10Br2N2O2. The summed E-state index contributed by atoms with van der Waals surface area (Å²) in [7, 11) is 0. The molecule has 18 heavy (non-hydrogen) atoms. The van der Waals surface area contributed by atoms with Crippen LogP contribution in [0.4, 0.5) is 0 Å². The van der Waals surface area contributed by atoms with Gasteiger partial charge in [0.25, 0.3) is 5.91 Å². The predicted molar refractivity (Wildman–Crippen MR) is 74.3 cm³/mol. The molecule has 0 atom stereocenters. The lowest BCUT2D eigenvalue weighted by Gasteiger charge is -2.05. The number of benzene rings is 1. The number of aryl methyl sites for hydroxylation is 1. The summed E-state index contributed by atoms with van der Waals surface area (Å²) < 4.78 is 6.62. The summed E-state index contributed by atoms with van der Waals surface area (Å²) in [4.78, 5) is 12.0. The average molecular weight is 374 g/mol. The van der Waals surface area contributed by atoms with Crippen molar-refractivity contribution in [1.29, 1.82) is 0 Å². The van der Waals surface area contributed by atoms with Gasteiger partial charge in [-0.3, -0.25) is 4.79 Å². The lowest BCUT2D eigenvalue weighted by molar-refractivity contribution is 0.0946. The highest BCUT2D eigenvalue weighted by atomic mass is 79.9. The Morgan fingerprint density at radius 3 is 2.83 bits per heavy atom. The topological polar surface area (TPSA) is 55.1 Å². The molecule has 6 heteroatoms. The Morgan fingerprint density at radius 2 is 2.17 bits per heavy atom. The molecular weight excluding hydrogens is 364 g/mol. The molecule has 94 valence electrons. The van der Waals surface area contributed by atoms with Crippen LogP contribution in [0.25, 0.3) is 0 Å². The average Bonchev–Trinajstić information content (AvgIpc) is 2.75. The van der Waals surface area contributed by atoms with E-state index in [-0.39, 0.29) is 5.91 Å². The van der Waals surface area contributed by atoms with E-state index in [4.69, 9.17) is 4.52 Å². The highest BCUT2D eigenvalue weighted by Gasteiger charge is 2.11. The second kappa shape index (κ2) is 5.67. The Bertz CT molecular complexity index is 581. The largest absolute Gasteiger partial charge is 0.359 e. The second-order valence-corrected chi connectivity index (χ2v) is 5.51. The van der Waals surface area contributed by atoms with Gasteiger partial charge in [0.2, 0.25) is 0 Å². The van der Waals surface area contributed by atoms with Crippen LogP contribution in [-0.2, 0) is 6.54 Å². The molecule has 0 aliphatic rings. The van der Waals surface area contributed by atoms with Gasteiger partial charge in [0.1, 0.15) is 0 Å². The van der Waals surface area contributed by atoms with Gasteiger partial charge in [-0.25, -0.2) is 0 Å². The molecule has 1 aromatic heterocycles. The summed E-state index contributed by atoms with van der Waals surface area (Å²) in [6.07, 6.45) is 0. The number of aromatic nitrogens is 1. The van der Waals surface area contributed by atoms with Crippen LogP contribution >= 0.6 is 31.9 Å². The van der Waals surface area contributed by atoms with E-state index in [0.717, 1.165) is 14.6 Å². The number of hydrogen-bond acceptors (Lipinski definition) is 3. The quantitative estimate of drug-likeness (QED) is 0.896. The Hall–Kier alpha value is -1.14. The number of rotatable bonds is 3. The third-order valence-corrected chi connectivity index (χ3v) is 3.46. The van der Waals surface area contributed by atoms with Crippen LogP contribution in [-0.4, -0.2) is 11.1 Å². The summed E-state index contributed by atoms with van der Waals surface area (Å²) in [5.41, 5.74) is 1.36. The van der Waals surface area contributed by atoms with Crippen LogP contribution < -0.4 is 5.32 Å². The molecule has 0 aliphatic carbocycles. The van der Waals surface area contributed by atoms with Gasteiger partial charge < -0.3 is 9.84 Å². The summed E-state index contributed by atoms with van der Waals surface area (Å²) in [6.45, 7) is 2.15. The molecule has 0 unspecified atom stereocenters. The van der Waals surface area contributed by atoms with Crippen LogP contribution in [0.1, 0.15) is 21.8 Å². The fourth-order valence-corrected chi connectivity index (χ4v) is 2.22. The highest BCUT2D eigenvalue weighted by molar-refractivity contribution is 9.11. The van der Waals surface area contributed by atoms with E-state index in [1.54, 1.807) is 12.1 Å². The first-order valence-corrected chi connectivity index (χ1v) is 6.80. The zero-order chi connectivity index (χ0) is 13.1. The Kier molecular flexibility index (Phi) is 4.19. The summed E-state index contributed by atoms with van der Waals surface area (Å²) in [5, 5.41) is 6.53. The molecule has 4 nitrogen and oxygen atoms in total. The smallest absolute Gasteiger partial charge is 0.252 e. The first-order valence-electron chi connectivity index (χ1n) is 5.21. The maximum absolute atomic E-state index is 12.0. The molecule has 0 bridgehead atoms. The van der Waals surface area contributed by atoms with E-state index in [1.165, 1.54) is 0 Å². The number of carbonyl (C=O) groups is 1. The maximum atomic E-state index is 12.0. The Labute approximate surface area is 121 Å². The number of nitrogens with zero attached hydrogens (tertiary/aromatic N) is 1. The summed E-state index contributed by atoms with van der Waals surface area (Å²) >= 11 is 6.68. The van der Waals surface area contributed by atoms with Gasteiger partial charge in [0.05, 0.1) is 17.8 Å². The molecule has 0 radical (unpaired) electrons. The van der Waals surface area contributed by atoms with E-state index in [2.05, 4.69) is 42.3 Å². The lowest BCUT2D eigenvalue weighted by atomic mass is 10.2. The lowest BCUT2D eigenvalue weighted by Crippen LogP contribution is -2.22. The van der Waals surface area contributed by atoms with Gasteiger partial charge in [-0.05, 0) is 41.1 Å². The van der Waals surface area contributed by atoms with Crippen LogP contribution in [0.3, 0.4) is 0 Å². The zero-order valence-electron chi connectivity index (χ0n) is 9.54. The van der Waals surface area contributed by atoms with Crippen molar-refractivity contribution in [3.05, 3.63) is 50.2 Å². The maximum Gasteiger partial charge on any atom is 0.252 e. The Morgan fingerprint density at radius 1 is 1.39 bits per heavy atom. The van der Waals surface area contributed by atoms with Crippen molar-refractivity contribution in [3.8, 4) is 0 Å². The third kappa shape index (κ3) is 3.20. The number of amides is 1. The fourth-order valence-electron chi connectivity index (χ4n) is 1.43. The van der Waals surface area contributed by atoms with E-state index in [9.17, 15) is 4.79 Å².